The van der Waals surface area contributed by atoms with Crippen LogP contribution in [0, 0.1) is 11.6 Å². The van der Waals surface area contributed by atoms with Crippen LogP contribution in [-0.2, 0) is 0 Å². The second-order valence-corrected chi connectivity index (χ2v) is 11.1. The average molecular weight is 495 g/mol. The molecule has 156 valence electrons. The molecule has 0 aliphatic heterocycles. The largest absolute Gasteiger partial charge is 0.222 e. The fourth-order valence-corrected chi connectivity index (χ4v) is 7.47. The number of hydrogen-bond acceptors (Lipinski definition) is 6. The smallest absolute Gasteiger partial charge is 0.155 e. The van der Waals surface area contributed by atoms with Gasteiger partial charge < -0.3 is 0 Å². The monoisotopic (exact) mass is 494 g/mol. The van der Waals surface area contributed by atoms with Crippen molar-refractivity contribution in [2.24, 2.45) is 0 Å². The van der Waals surface area contributed by atoms with Gasteiger partial charge in [0, 0.05) is 9.75 Å². The molecule has 6 rings (SSSR count). The molecule has 2 aromatic carbocycles. The van der Waals surface area contributed by atoms with Crippen LogP contribution in [-0.4, -0.2) is 9.97 Å². The van der Waals surface area contributed by atoms with Gasteiger partial charge in [0.05, 0.1) is 9.75 Å². The number of rotatable bonds is 4. The van der Waals surface area contributed by atoms with Gasteiger partial charge in [-0.15, -0.1) is 22.7 Å². The van der Waals surface area contributed by atoms with Gasteiger partial charge in [-0.3, -0.25) is 0 Å². The van der Waals surface area contributed by atoms with Crippen LogP contribution in [0.15, 0.2) is 72.8 Å². The van der Waals surface area contributed by atoms with Crippen molar-refractivity contribution in [2.75, 3.05) is 0 Å². The number of fused-ring (bicyclic) bond motifs is 1. The van der Waals surface area contributed by atoms with Gasteiger partial charge >= 0.3 is 0 Å². The molecular formula is C24H12F2N2S4. The molecule has 0 unspecified atom stereocenters. The minimum Gasteiger partial charge on any atom is -0.222 e. The fraction of sp³-hybridized carbons (Fsp3) is 0. The summed E-state index contributed by atoms with van der Waals surface area (Å²) in [4.78, 5) is 15.8. The van der Waals surface area contributed by atoms with E-state index < -0.39 is 0 Å². The Labute approximate surface area is 198 Å². The van der Waals surface area contributed by atoms with Crippen molar-refractivity contribution in [3.8, 4) is 40.7 Å². The Kier molecular flexibility index (Phi) is 4.95. The molecule has 4 aromatic heterocycles. The van der Waals surface area contributed by atoms with E-state index in [2.05, 4.69) is 12.1 Å². The maximum Gasteiger partial charge on any atom is 0.155 e. The van der Waals surface area contributed by atoms with E-state index in [0.717, 1.165) is 50.3 Å². The van der Waals surface area contributed by atoms with Crippen LogP contribution in [0.5, 0.6) is 0 Å². The minimum atomic E-state index is -0.233. The van der Waals surface area contributed by atoms with Gasteiger partial charge in [0.1, 0.15) is 21.6 Å². The van der Waals surface area contributed by atoms with E-state index >= 15 is 0 Å². The van der Waals surface area contributed by atoms with Gasteiger partial charge in [-0.1, -0.05) is 46.9 Å². The van der Waals surface area contributed by atoms with Crippen LogP contribution in [0.4, 0.5) is 8.78 Å². The average Bonchev–Trinajstić information content (AvgIpc) is 3.56. The summed E-state index contributed by atoms with van der Waals surface area (Å²) < 4.78 is 26.4. The third-order valence-electron chi connectivity index (χ3n) is 4.87. The summed E-state index contributed by atoms with van der Waals surface area (Å²) in [6.45, 7) is 0. The van der Waals surface area contributed by atoms with E-state index in [-0.39, 0.29) is 11.6 Å². The van der Waals surface area contributed by atoms with Gasteiger partial charge in [-0.25, -0.2) is 18.7 Å². The highest BCUT2D eigenvalue weighted by atomic mass is 32.1. The lowest BCUT2D eigenvalue weighted by Gasteiger charge is -1.96. The van der Waals surface area contributed by atoms with Crippen molar-refractivity contribution in [3.05, 3.63) is 84.4 Å². The maximum absolute atomic E-state index is 13.2. The second kappa shape index (κ2) is 7.97. The first-order valence-corrected chi connectivity index (χ1v) is 12.9. The van der Waals surface area contributed by atoms with Crippen molar-refractivity contribution in [1.29, 1.82) is 0 Å². The van der Waals surface area contributed by atoms with Gasteiger partial charge in [0.2, 0.25) is 0 Å². The highest BCUT2D eigenvalue weighted by Gasteiger charge is 2.16. The molecule has 2 nitrogen and oxygen atoms in total. The number of halogens is 2. The summed E-state index contributed by atoms with van der Waals surface area (Å²) in [7, 11) is 0. The van der Waals surface area contributed by atoms with Gasteiger partial charge in [0.15, 0.2) is 9.66 Å². The summed E-state index contributed by atoms with van der Waals surface area (Å²) in [6, 6.07) is 21.3. The number of benzene rings is 2. The van der Waals surface area contributed by atoms with Crippen LogP contribution in [0.1, 0.15) is 0 Å². The SMILES string of the molecule is Fc1ccc(-c2ccc(-c3nc4sc(-c5ccc(-c6ccc(F)cc6)s5)nc4s3)s2)cc1. The lowest BCUT2D eigenvalue weighted by Crippen LogP contribution is -1.73. The van der Waals surface area contributed by atoms with E-state index in [9.17, 15) is 8.78 Å². The molecule has 0 aliphatic carbocycles. The fourth-order valence-electron chi connectivity index (χ4n) is 3.30. The van der Waals surface area contributed by atoms with Crippen LogP contribution in [0.25, 0.3) is 50.3 Å². The lowest BCUT2D eigenvalue weighted by molar-refractivity contribution is 0.627. The molecule has 0 saturated carbocycles. The molecule has 0 saturated heterocycles. The maximum atomic E-state index is 13.2. The van der Waals surface area contributed by atoms with E-state index in [1.807, 2.05) is 12.1 Å². The van der Waals surface area contributed by atoms with Crippen molar-refractivity contribution < 1.29 is 8.78 Å². The predicted molar refractivity (Wildman–Crippen MR) is 133 cm³/mol. The predicted octanol–water partition coefficient (Wildman–Crippen LogP) is 8.82. The molecule has 8 heteroatoms. The number of nitrogens with zero attached hydrogens (tertiary/aromatic N) is 2. The second-order valence-electron chi connectivity index (χ2n) is 6.99. The van der Waals surface area contributed by atoms with Gasteiger partial charge in [0.25, 0.3) is 0 Å². The topological polar surface area (TPSA) is 25.8 Å². The molecule has 0 aliphatic rings. The van der Waals surface area contributed by atoms with Crippen LogP contribution < -0.4 is 0 Å². The number of thiophene rings is 2. The Balaban J connectivity index is 1.27. The Bertz CT molecular complexity index is 1390. The summed E-state index contributed by atoms with van der Waals surface area (Å²) in [5, 5.41) is 1.89. The van der Waals surface area contributed by atoms with Crippen molar-refractivity contribution in [2.45, 2.75) is 0 Å². The highest BCUT2D eigenvalue weighted by molar-refractivity contribution is 7.32. The van der Waals surface area contributed by atoms with Crippen LogP contribution in [0.2, 0.25) is 0 Å². The first-order chi connectivity index (χ1) is 15.6. The number of hydrogen-bond donors (Lipinski definition) is 0. The zero-order valence-corrected chi connectivity index (χ0v) is 19.5. The first kappa shape index (κ1) is 19.9. The zero-order chi connectivity index (χ0) is 21.7. The van der Waals surface area contributed by atoms with E-state index in [0.29, 0.717) is 0 Å². The van der Waals surface area contributed by atoms with E-state index in [4.69, 9.17) is 9.97 Å². The minimum absolute atomic E-state index is 0.233. The molecule has 0 amide bonds. The molecule has 0 spiro atoms. The van der Waals surface area contributed by atoms with Crippen molar-refractivity contribution in [3.63, 3.8) is 0 Å². The molecule has 6 aromatic rings. The Morgan fingerprint density at radius 2 is 0.812 bits per heavy atom. The Hall–Kier alpha value is -2.78. The highest BCUT2D eigenvalue weighted by Crippen LogP contribution is 2.42. The summed E-state index contributed by atoms with van der Waals surface area (Å²) in [5.41, 5.74) is 1.99. The quantitative estimate of drug-likeness (QED) is 0.245. The third kappa shape index (κ3) is 3.69. The normalized spacial score (nSPS) is 11.4. The number of aromatic nitrogens is 2. The summed E-state index contributed by atoms with van der Waals surface area (Å²) in [5.74, 6) is -0.466. The molecule has 0 radical (unpaired) electrons. The molecule has 0 atom stereocenters. The molecule has 0 fully saturated rings. The van der Waals surface area contributed by atoms with Gasteiger partial charge in [-0.05, 0) is 59.7 Å². The molecule has 0 bridgehead atoms. The Morgan fingerprint density at radius 1 is 0.438 bits per heavy atom. The Morgan fingerprint density at radius 3 is 1.22 bits per heavy atom. The molecule has 0 N–H and O–H groups in total. The summed E-state index contributed by atoms with van der Waals surface area (Å²) in [6.07, 6.45) is 0. The van der Waals surface area contributed by atoms with Crippen molar-refractivity contribution >= 4 is 55.0 Å². The first-order valence-electron chi connectivity index (χ1n) is 9.62. The van der Waals surface area contributed by atoms with Gasteiger partial charge in [-0.2, -0.15) is 0 Å². The summed E-state index contributed by atoms with van der Waals surface area (Å²) >= 11 is 6.45. The van der Waals surface area contributed by atoms with E-state index in [1.54, 1.807) is 69.6 Å². The van der Waals surface area contributed by atoms with Crippen LogP contribution in [0.3, 0.4) is 0 Å². The number of thiazole rings is 2. The zero-order valence-electron chi connectivity index (χ0n) is 16.2. The van der Waals surface area contributed by atoms with Crippen molar-refractivity contribution in [1.82, 2.24) is 9.97 Å². The third-order valence-corrected chi connectivity index (χ3v) is 9.50. The standard InChI is InChI=1S/C24H12F2N2S4/c25-15-5-1-13(2-6-15)17-9-11-19(29-17)21-27-23-24(31-21)28-22(32-23)20-12-10-18(30-20)14-3-7-16(26)8-4-14/h1-12H. The molecule has 32 heavy (non-hydrogen) atoms. The lowest BCUT2D eigenvalue weighted by atomic mass is 10.2. The van der Waals surface area contributed by atoms with Crippen LogP contribution >= 0.6 is 45.3 Å². The molecule has 4 heterocycles. The molecular weight excluding hydrogens is 483 g/mol. The van der Waals surface area contributed by atoms with E-state index in [1.165, 1.54) is 24.3 Å².